The van der Waals surface area contributed by atoms with E-state index < -0.39 is 5.66 Å². The van der Waals surface area contributed by atoms with Crippen LogP contribution in [0.2, 0.25) is 0 Å². The van der Waals surface area contributed by atoms with E-state index in [9.17, 15) is 4.79 Å². The number of hydrazine groups is 1. The van der Waals surface area contributed by atoms with Crippen molar-refractivity contribution in [1.82, 2.24) is 5.01 Å². The molecule has 1 unspecified atom stereocenters. The van der Waals surface area contributed by atoms with E-state index in [4.69, 9.17) is 5.84 Å². The molecule has 0 aromatic heterocycles. The molecule has 1 aliphatic heterocycles. The second-order valence-corrected chi connectivity index (χ2v) is 5.22. The number of carbonyl (C=O) groups excluding carboxylic acids is 1. The summed E-state index contributed by atoms with van der Waals surface area (Å²) in [7, 11) is 0. The van der Waals surface area contributed by atoms with Crippen molar-refractivity contribution in [3.8, 4) is 0 Å². The lowest BCUT2D eigenvalue weighted by atomic mass is 9.94. The molecule has 1 amide bonds. The largest absolute Gasteiger partial charge is 0.361 e. The molecular formula is C13H19N3O. The summed E-state index contributed by atoms with van der Waals surface area (Å²) in [6, 6.07) is 7.47. The summed E-state index contributed by atoms with van der Waals surface area (Å²) < 4.78 is 0. The first-order valence-electron chi connectivity index (χ1n) is 5.90. The van der Waals surface area contributed by atoms with Gasteiger partial charge in [0.15, 0.2) is 0 Å². The summed E-state index contributed by atoms with van der Waals surface area (Å²) in [5.41, 5.74) is 0.984. The Morgan fingerprint density at radius 2 is 2.06 bits per heavy atom. The van der Waals surface area contributed by atoms with Gasteiger partial charge in [0.2, 0.25) is 0 Å². The Bertz CT molecular complexity index is 444. The number of anilines is 1. The van der Waals surface area contributed by atoms with Gasteiger partial charge in [-0.1, -0.05) is 26.0 Å². The third-order valence-electron chi connectivity index (χ3n) is 3.12. The van der Waals surface area contributed by atoms with Gasteiger partial charge in [0.1, 0.15) is 5.66 Å². The fourth-order valence-corrected chi connectivity index (χ4v) is 2.43. The first-order valence-corrected chi connectivity index (χ1v) is 5.90. The average Bonchev–Trinajstić information content (AvgIpc) is 2.25. The van der Waals surface area contributed by atoms with Crippen LogP contribution >= 0.6 is 0 Å². The van der Waals surface area contributed by atoms with E-state index in [0.717, 1.165) is 12.1 Å². The molecule has 1 atom stereocenters. The maximum absolute atomic E-state index is 12.2. The fraction of sp³-hybridized carbons (Fsp3) is 0.462. The van der Waals surface area contributed by atoms with Gasteiger partial charge in [-0.05, 0) is 31.4 Å². The minimum atomic E-state index is -0.514. The van der Waals surface area contributed by atoms with E-state index >= 15 is 0 Å². The summed E-state index contributed by atoms with van der Waals surface area (Å²) in [6.45, 7) is 6.19. The Hall–Kier alpha value is -1.55. The van der Waals surface area contributed by atoms with Gasteiger partial charge in [-0.3, -0.25) is 9.80 Å². The van der Waals surface area contributed by atoms with Gasteiger partial charge in [-0.2, -0.15) is 0 Å². The van der Waals surface area contributed by atoms with E-state index in [1.54, 1.807) is 6.07 Å². The van der Waals surface area contributed by atoms with Crippen molar-refractivity contribution in [2.45, 2.75) is 32.9 Å². The third kappa shape index (κ3) is 2.00. The monoisotopic (exact) mass is 233 g/mol. The molecule has 0 radical (unpaired) electrons. The summed E-state index contributed by atoms with van der Waals surface area (Å²) in [5.74, 6) is 6.27. The highest BCUT2D eigenvalue weighted by Gasteiger charge is 2.39. The molecule has 0 fully saturated rings. The highest BCUT2D eigenvalue weighted by Crippen LogP contribution is 2.32. The van der Waals surface area contributed by atoms with E-state index in [2.05, 4.69) is 19.2 Å². The lowest BCUT2D eigenvalue weighted by Gasteiger charge is -2.44. The Morgan fingerprint density at radius 1 is 1.41 bits per heavy atom. The number of nitrogens with zero attached hydrogens (tertiary/aromatic N) is 1. The van der Waals surface area contributed by atoms with Crippen LogP contribution in [0.15, 0.2) is 24.3 Å². The van der Waals surface area contributed by atoms with Gasteiger partial charge < -0.3 is 5.32 Å². The third-order valence-corrected chi connectivity index (χ3v) is 3.12. The van der Waals surface area contributed by atoms with Crippen LogP contribution in [-0.2, 0) is 0 Å². The molecule has 3 N–H and O–H groups in total. The Kier molecular flexibility index (Phi) is 2.83. The molecular weight excluding hydrogens is 214 g/mol. The van der Waals surface area contributed by atoms with Crippen LogP contribution in [0.3, 0.4) is 0 Å². The van der Waals surface area contributed by atoms with E-state index in [1.165, 1.54) is 5.01 Å². The van der Waals surface area contributed by atoms with Crippen molar-refractivity contribution in [1.29, 1.82) is 0 Å². The summed E-state index contributed by atoms with van der Waals surface area (Å²) >= 11 is 0. The topological polar surface area (TPSA) is 58.4 Å². The van der Waals surface area contributed by atoms with Crippen molar-refractivity contribution >= 4 is 11.6 Å². The molecule has 1 aromatic carbocycles. The van der Waals surface area contributed by atoms with Gasteiger partial charge >= 0.3 is 0 Å². The standard InChI is InChI=1S/C13H19N3O/c1-9(2)8-13(3)15-11-7-5-4-6-10(11)12(17)16(13)14/h4-7,9,15H,8,14H2,1-3H3. The molecule has 2 rings (SSSR count). The van der Waals surface area contributed by atoms with Crippen LogP contribution in [0, 0.1) is 5.92 Å². The van der Waals surface area contributed by atoms with Crippen LogP contribution in [0.4, 0.5) is 5.69 Å². The van der Waals surface area contributed by atoms with Crippen molar-refractivity contribution < 1.29 is 4.79 Å². The molecule has 92 valence electrons. The summed E-state index contributed by atoms with van der Waals surface area (Å²) in [5, 5.41) is 4.68. The minimum absolute atomic E-state index is 0.123. The van der Waals surface area contributed by atoms with E-state index in [1.807, 2.05) is 25.1 Å². The highest BCUT2D eigenvalue weighted by atomic mass is 16.2. The molecule has 4 nitrogen and oxygen atoms in total. The molecule has 0 spiro atoms. The quantitative estimate of drug-likeness (QED) is 0.608. The van der Waals surface area contributed by atoms with Gasteiger partial charge in [0.05, 0.1) is 5.56 Å². The van der Waals surface area contributed by atoms with Gasteiger partial charge in [0.25, 0.3) is 5.91 Å². The number of rotatable bonds is 2. The highest BCUT2D eigenvalue weighted by molar-refractivity contribution is 6.01. The van der Waals surface area contributed by atoms with Crippen molar-refractivity contribution in [2.24, 2.45) is 11.8 Å². The number of amides is 1. The summed E-state index contributed by atoms with van der Waals surface area (Å²) in [4.78, 5) is 12.2. The number of benzene rings is 1. The smallest absolute Gasteiger partial charge is 0.271 e. The van der Waals surface area contributed by atoms with Crippen LogP contribution in [-0.4, -0.2) is 16.6 Å². The Morgan fingerprint density at radius 3 is 2.71 bits per heavy atom. The minimum Gasteiger partial charge on any atom is -0.361 e. The van der Waals surface area contributed by atoms with Crippen molar-refractivity contribution in [3.63, 3.8) is 0 Å². The van der Waals surface area contributed by atoms with Crippen molar-refractivity contribution in [3.05, 3.63) is 29.8 Å². The number of nitrogens with two attached hydrogens (primary N) is 1. The molecule has 4 heteroatoms. The number of nitrogens with one attached hydrogen (secondary N) is 1. The van der Waals surface area contributed by atoms with Crippen LogP contribution in [0.5, 0.6) is 0 Å². The number of carbonyl (C=O) groups is 1. The molecule has 1 aliphatic rings. The van der Waals surface area contributed by atoms with E-state index in [0.29, 0.717) is 11.5 Å². The molecule has 17 heavy (non-hydrogen) atoms. The SMILES string of the molecule is CC(C)CC1(C)Nc2ccccc2C(=O)N1N. The molecule has 0 bridgehead atoms. The lowest BCUT2D eigenvalue weighted by molar-refractivity contribution is 0.0495. The van der Waals surface area contributed by atoms with Crippen LogP contribution in [0.25, 0.3) is 0 Å². The van der Waals surface area contributed by atoms with Crippen LogP contribution < -0.4 is 11.2 Å². The Labute approximate surface area is 102 Å². The Balaban J connectivity index is 2.40. The zero-order valence-electron chi connectivity index (χ0n) is 10.5. The normalized spacial score (nSPS) is 23.6. The molecule has 0 saturated heterocycles. The van der Waals surface area contributed by atoms with Crippen LogP contribution in [0.1, 0.15) is 37.6 Å². The zero-order chi connectivity index (χ0) is 12.6. The maximum atomic E-state index is 12.2. The first kappa shape index (κ1) is 11.9. The molecule has 0 saturated carbocycles. The van der Waals surface area contributed by atoms with Gasteiger partial charge in [-0.15, -0.1) is 0 Å². The van der Waals surface area contributed by atoms with Gasteiger partial charge in [-0.25, -0.2) is 5.84 Å². The molecule has 0 aliphatic carbocycles. The first-order chi connectivity index (χ1) is 7.94. The number of hydrogen-bond acceptors (Lipinski definition) is 3. The lowest BCUT2D eigenvalue weighted by Crippen LogP contribution is -2.61. The number of para-hydroxylation sites is 1. The number of fused-ring (bicyclic) bond motifs is 1. The predicted molar refractivity (Wildman–Crippen MR) is 68.3 cm³/mol. The van der Waals surface area contributed by atoms with Crippen molar-refractivity contribution in [2.75, 3.05) is 5.32 Å². The van der Waals surface area contributed by atoms with Gasteiger partial charge in [0, 0.05) is 5.69 Å². The maximum Gasteiger partial charge on any atom is 0.271 e. The molecule has 1 heterocycles. The van der Waals surface area contributed by atoms with E-state index in [-0.39, 0.29) is 5.91 Å². The predicted octanol–water partition coefficient (Wildman–Crippen LogP) is 2.19. The second-order valence-electron chi connectivity index (χ2n) is 5.22. The fourth-order valence-electron chi connectivity index (χ4n) is 2.43. The second kappa shape index (κ2) is 4.04. The zero-order valence-corrected chi connectivity index (χ0v) is 10.5. The molecule has 1 aromatic rings. The average molecular weight is 233 g/mol. The summed E-state index contributed by atoms with van der Waals surface area (Å²) in [6.07, 6.45) is 0.809. The number of hydrogen-bond donors (Lipinski definition) is 2.